The van der Waals surface area contributed by atoms with Crippen LogP contribution in [-0.4, -0.2) is 42.7 Å². The lowest BCUT2D eigenvalue weighted by Crippen LogP contribution is -2.35. The summed E-state index contributed by atoms with van der Waals surface area (Å²) in [5.41, 5.74) is -0.431. The average molecular weight is 580 g/mol. The molecule has 0 aliphatic carbocycles. The maximum absolute atomic E-state index is 14.0. The van der Waals surface area contributed by atoms with Crippen LogP contribution < -0.4 is 10.6 Å². The fourth-order valence-corrected chi connectivity index (χ4v) is 5.05. The van der Waals surface area contributed by atoms with Crippen molar-refractivity contribution in [2.45, 2.75) is 43.4 Å². The first-order valence-corrected chi connectivity index (χ1v) is 14.0. The van der Waals surface area contributed by atoms with Gasteiger partial charge in [0.05, 0.1) is 33.4 Å². The highest BCUT2D eigenvalue weighted by Crippen LogP contribution is 2.34. The van der Waals surface area contributed by atoms with E-state index in [1.807, 2.05) is 0 Å². The van der Waals surface area contributed by atoms with Gasteiger partial charge in [0, 0.05) is 29.6 Å². The number of carbonyl (C=O) groups is 2. The third-order valence-electron chi connectivity index (χ3n) is 6.25. The van der Waals surface area contributed by atoms with E-state index < -0.39 is 44.6 Å². The third kappa shape index (κ3) is 6.97. The van der Waals surface area contributed by atoms with E-state index in [4.69, 9.17) is 11.6 Å². The van der Waals surface area contributed by atoms with Crippen LogP contribution in [0.15, 0.2) is 59.6 Å². The highest BCUT2D eigenvalue weighted by Gasteiger charge is 2.33. The van der Waals surface area contributed by atoms with Crippen molar-refractivity contribution in [2.24, 2.45) is 0 Å². The molecule has 8 nitrogen and oxygen atoms in total. The number of rotatable bonds is 10. The van der Waals surface area contributed by atoms with Crippen molar-refractivity contribution >= 4 is 44.6 Å². The molecule has 1 atom stereocenters. The molecule has 3 aromatic rings. The Bertz CT molecular complexity index is 1480. The summed E-state index contributed by atoms with van der Waals surface area (Å²) < 4.78 is 51.3. The number of anilines is 2. The fourth-order valence-electron chi connectivity index (χ4n) is 3.81. The van der Waals surface area contributed by atoms with Crippen molar-refractivity contribution < 1.29 is 31.9 Å². The van der Waals surface area contributed by atoms with E-state index in [0.29, 0.717) is 17.3 Å². The standard InChI is InChI=1S/C27H28ClF2N3O5S/c1-4-39(37,38)18-7-10-23(31-15-18)19(11-12-34)25(35)32-17-6-8-20(21(28)14-17)27(2,3)26(36)33-24-9-5-16(29)13-22(24)30/h5-10,13-15,19,34H,4,11-12H2,1-3H3,(H,32,35)(H,33,36). The van der Waals surface area contributed by atoms with E-state index in [0.717, 1.165) is 12.1 Å². The molecule has 2 amide bonds. The smallest absolute Gasteiger partial charge is 0.234 e. The van der Waals surface area contributed by atoms with Gasteiger partial charge in [0.25, 0.3) is 0 Å². The lowest BCUT2D eigenvalue weighted by molar-refractivity contribution is -0.120. The lowest BCUT2D eigenvalue weighted by atomic mass is 9.83. The Labute approximate surface area is 230 Å². The second-order valence-electron chi connectivity index (χ2n) is 9.27. The predicted molar refractivity (Wildman–Crippen MR) is 145 cm³/mol. The Hall–Kier alpha value is -3.41. The molecule has 0 aliphatic heterocycles. The van der Waals surface area contributed by atoms with Crippen LogP contribution in [0.25, 0.3) is 0 Å². The van der Waals surface area contributed by atoms with Crippen molar-refractivity contribution in [3.8, 4) is 0 Å². The number of hydrogen-bond donors (Lipinski definition) is 3. The molecule has 0 aliphatic rings. The van der Waals surface area contributed by atoms with Gasteiger partial charge in [0.1, 0.15) is 11.6 Å². The molecule has 39 heavy (non-hydrogen) atoms. The minimum Gasteiger partial charge on any atom is -0.396 e. The van der Waals surface area contributed by atoms with Gasteiger partial charge >= 0.3 is 0 Å². The third-order valence-corrected chi connectivity index (χ3v) is 8.28. The topological polar surface area (TPSA) is 125 Å². The summed E-state index contributed by atoms with van der Waals surface area (Å²) in [6, 6.07) is 10.1. The monoisotopic (exact) mass is 579 g/mol. The average Bonchev–Trinajstić information content (AvgIpc) is 2.88. The first kappa shape index (κ1) is 30.1. The number of pyridine rings is 1. The SMILES string of the molecule is CCS(=O)(=O)c1ccc(C(CCO)C(=O)Nc2ccc(C(C)(C)C(=O)Nc3ccc(F)cc3F)c(Cl)c2)nc1. The first-order valence-electron chi connectivity index (χ1n) is 12.0. The first-order chi connectivity index (χ1) is 18.3. The Kier molecular flexibility index (Phi) is 9.42. The van der Waals surface area contributed by atoms with Crippen molar-refractivity contribution in [1.29, 1.82) is 0 Å². The number of sulfone groups is 1. The number of carbonyl (C=O) groups excluding carboxylic acids is 2. The molecule has 12 heteroatoms. The van der Waals surface area contributed by atoms with E-state index >= 15 is 0 Å². The van der Waals surface area contributed by atoms with Crippen LogP contribution >= 0.6 is 11.6 Å². The van der Waals surface area contributed by atoms with Crippen LogP contribution in [0.4, 0.5) is 20.2 Å². The summed E-state index contributed by atoms with van der Waals surface area (Å²) in [6.45, 7) is 4.36. The lowest BCUT2D eigenvalue weighted by Gasteiger charge is -2.26. The zero-order valence-corrected chi connectivity index (χ0v) is 23.0. The van der Waals surface area contributed by atoms with Crippen molar-refractivity contribution in [2.75, 3.05) is 23.0 Å². The zero-order chi connectivity index (χ0) is 29.0. The molecule has 0 bridgehead atoms. The van der Waals surface area contributed by atoms with E-state index in [2.05, 4.69) is 15.6 Å². The minimum absolute atomic E-state index is 0.0353. The van der Waals surface area contributed by atoms with Crippen LogP contribution in [0.2, 0.25) is 5.02 Å². The minimum atomic E-state index is -3.46. The summed E-state index contributed by atoms with van der Waals surface area (Å²) in [5, 5.41) is 14.8. The number of amides is 2. The highest BCUT2D eigenvalue weighted by atomic mass is 35.5. The Morgan fingerprint density at radius 2 is 1.79 bits per heavy atom. The zero-order valence-electron chi connectivity index (χ0n) is 21.5. The predicted octanol–water partition coefficient (Wildman–Crippen LogP) is 4.83. The maximum Gasteiger partial charge on any atom is 0.234 e. The molecule has 1 unspecified atom stereocenters. The molecule has 0 fully saturated rings. The number of nitrogens with zero attached hydrogens (tertiary/aromatic N) is 1. The number of aliphatic hydroxyl groups excluding tert-OH is 1. The molecule has 0 saturated carbocycles. The van der Waals surface area contributed by atoms with Crippen LogP contribution in [0.5, 0.6) is 0 Å². The summed E-state index contributed by atoms with van der Waals surface area (Å²) in [7, 11) is -3.46. The molecule has 0 radical (unpaired) electrons. The number of halogens is 3. The largest absolute Gasteiger partial charge is 0.396 e. The quantitative estimate of drug-likeness (QED) is 0.316. The van der Waals surface area contributed by atoms with Gasteiger partial charge in [-0.1, -0.05) is 24.6 Å². The summed E-state index contributed by atoms with van der Waals surface area (Å²) >= 11 is 6.46. The van der Waals surface area contributed by atoms with Crippen LogP contribution in [0.3, 0.4) is 0 Å². The summed E-state index contributed by atoms with van der Waals surface area (Å²) in [5.74, 6) is -3.75. The second-order valence-corrected chi connectivity index (χ2v) is 12.0. The van der Waals surface area contributed by atoms with E-state index in [-0.39, 0.29) is 40.1 Å². The molecule has 0 spiro atoms. The van der Waals surface area contributed by atoms with Gasteiger partial charge in [-0.3, -0.25) is 14.6 Å². The number of aromatic nitrogens is 1. The summed E-state index contributed by atoms with van der Waals surface area (Å²) in [6.07, 6.45) is 1.22. The Balaban J connectivity index is 1.78. The number of hydrogen-bond acceptors (Lipinski definition) is 6. The highest BCUT2D eigenvalue weighted by molar-refractivity contribution is 7.91. The number of aliphatic hydroxyl groups is 1. The van der Waals surface area contributed by atoms with Gasteiger partial charge < -0.3 is 15.7 Å². The van der Waals surface area contributed by atoms with Crippen LogP contribution in [0.1, 0.15) is 44.4 Å². The molecular weight excluding hydrogens is 552 g/mol. The van der Waals surface area contributed by atoms with Gasteiger partial charge in [-0.2, -0.15) is 0 Å². The van der Waals surface area contributed by atoms with E-state index in [1.165, 1.54) is 37.4 Å². The molecular formula is C27H28ClF2N3O5S. The second kappa shape index (κ2) is 12.2. The van der Waals surface area contributed by atoms with E-state index in [9.17, 15) is 31.9 Å². The van der Waals surface area contributed by atoms with Crippen molar-refractivity contribution in [3.63, 3.8) is 0 Å². The van der Waals surface area contributed by atoms with Gasteiger partial charge in [-0.25, -0.2) is 17.2 Å². The van der Waals surface area contributed by atoms with Crippen molar-refractivity contribution in [3.05, 3.63) is 82.6 Å². The van der Waals surface area contributed by atoms with Crippen LogP contribution in [0, 0.1) is 11.6 Å². The Morgan fingerprint density at radius 1 is 1.08 bits per heavy atom. The molecule has 0 saturated heterocycles. The van der Waals surface area contributed by atoms with Crippen molar-refractivity contribution in [1.82, 2.24) is 4.98 Å². The molecule has 2 aromatic carbocycles. The van der Waals surface area contributed by atoms with Gasteiger partial charge in [-0.05, 0) is 62.2 Å². The number of benzene rings is 2. The van der Waals surface area contributed by atoms with Crippen LogP contribution in [-0.2, 0) is 24.8 Å². The molecule has 3 N–H and O–H groups in total. The summed E-state index contributed by atoms with van der Waals surface area (Å²) in [4.78, 5) is 30.2. The van der Waals surface area contributed by atoms with Gasteiger partial charge in [0.15, 0.2) is 9.84 Å². The maximum atomic E-state index is 14.0. The van der Waals surface area contributed by atoms with Gasteiger partial charge in [-0.15, -0.1) is 0 Å². The molecule has 3 rings (SSSR count). The number of nitrogens with one attached hydrogen (secondary N) is 2. The molecule has 208 valence electrons. The van der Waals surface area contributed by atoms with Gasteiger partial charge in [0.2, 0.25) is 11.8 Å². The molecule has 1 heterocycles. The normalized spacial score (nSPS) is 12.6. The Morgan fingerprint density at radius 3 is 2.36 bits per heavy atom. The molecule has 1 aromatic heterocycles. The fraction of sp³-hybridized carbons (Fsp3) is 0.296. The van der Waals surface area contributed by atoms with E-state index in [1.54, 1.807) is 19.9 Å².